The van der Waals surface area contributed by atoms with E-state index >= 15 is 0 Å². The molecule has 2 heterocycles. The molecule has 1 aliphatic rings. The molecule has 1 aromatic rings. The molecule has 2 rings (SSSR count). The summed E-state index contributed by atoms with van der Waals surface area (Å²) in [6.45, 7) is 2.19. The number of primary amides is 1. The van der Waals surface area contributed by atoms with Crippen molar-refractivity contribution < 1.29 is 9.59 Å². The second kappa shape index (κ2) is 6.12. The van der Waals surface area contributed by atoms with E-state index in [1.807, 2.05) is 0 Å². The molecule has 0 bridgehead atoms. The van der Waals surface area contributed by atoms with E-state index in [2.05, 4.69) is 20.2 Å². The minimum atomic E-state index is -0.935. The average molecular weight is 263 g/mol. The van der Waals surface area contributed by atoms with E-state index in [1.54, 1.807) is 18.5 Å². The van der Waals surface area contributed by atoms with Crippen molar-refractivity contribution in [3.63, 3.8) is 0 Å². The molecule has 0 aromatic carbocycles. The Labute approximate surface area is 111 Å². The van der Waals surface area contributed by atoms with Gasteiger partial charge >= 0.3 is 11.8 Å². The number of amides is 2. The minimum absolute atomic E-state index is 0.364. The number of piperidine rings is 1. The van der Waals surface area contributed by atoms with Crippen molar-refractivity contribution in [2.75, 3.05) is 24.5 Å². The molecule has 7 nitrogen and oxygen atoms in total. The standard InChI is InChI=1S/C12H17N5O2/c13-10(18)11(19)16-8-9-2-6-17(7-3-9)12-14-4-1-5-15-12/h1,4-5,9H,2-3,6-8H2,(H2,13,18)(H,16,19). The second-order valence-electron chi connectivity index (χ2n) is 4.55. The Morgan fingerprint density at radius 2 is 1.95 bits per heavy atom. The highest BCUT2D eigenvalue weighted by Crippen LogP contribution is 2.19. The number of nitrogens with two attached hydrogens (primary N) is 1. The zero-order valence-corrected chi connectivity index (χ0v) is 10.6. The normalized spacial score (nSPS) is 16.1. The number of carbonyl (C=O) groups is 2. The van der Waals surface area contributed by atoms with Gasteiger partial charge in [0.1, 0.15) is 0 Å². The van der Waals surface area contributed by atoms with Crippen molar-refractivity contribution in [2.24, 2.45) is 11.7 Å². The number of nitrogens with one attached hydrogen (secondary N) is 1. The Kier molecular flexibility index (Phi) is 4.27. The van der Waals surface area contributed by atoms with E-state index in [4.69, 9.17) is 5.73 Å². The predicted octanol–water partition coefficient (Wildman–Crippen LogP) is -0.705. The summed E-state index contributed by atoms with van der Waals surface area (Å²) < 4.78 is 0. The van der Waals surface area contributed by atoms with E-state index in [0.717, 1.165) is 31.9 Å². The highest BCUT2D eigenvalue weighted by atomic mass is 16.2. The quantitative estimate of drug-likeness (QED) is 0.702. The molecule has 7 heteroatoms. The molecule has 0 spiro atoms. The van der Waals surface area contributed by atoms with Gasteiger partial charge in [0, 0.05) is 32.0 Å². The number of nitrogens with zero attached hydrogens (tertiary/aromatic N) is 3. The van der Waals surface area contributed by atoms with Crippen molar-refractivity contribution >= 4 is 17.8 Å². The number of hydrogen-bond acceptors (Lipinski definition) is 5. The van der Waals surface area contributed by atoms with Gasteiger partial charge in [-0.2, -0.15) is 0 Å². The summed E-state index contributed by atoms with van der Waals surface area (Å²) in [5.41, 5.74) is 4.87. The SMILES string of the molecule is NC(=O)C(=O)NCC1CCN(c2ncccn2)CC1. The van der Waals surface area contributed by atoms with Crippen molar-refractivity contribution in [3.05, 3.63) is 18.5 Å². The van der Waals surface area contributed by atoms with E-state index in [-0.39, 0.29) is 0 Å². The molecule has 3 N–H and O–H groups in total. The van der Waals surface area contributed by atoms with Gasteiger partial charge in [-0.1, -0.05) is 0 Å². The minimum Gasteiger partial charge on any atom is -0.361 e. The van der Waals surface area contributed by atoms with Crippen LogP contribution in [0.5, 0.6) is 0 Å². The van der Waals surface area contributed by atoms with Gasteiger partial charge in [0.15, 0.2) is 0 Å². The Balaban J connectivity index is 1.77. The highest BCUT2D eigenvalue weighted by molar-refractivity contribution is 6.34. The van der Waals surface area contributed by atoms with Crippen LogP contribution in [0.25, 0.3) is 0 Å². The van der Waals surface area contributed by atoms with Crippen LogP contribution in [0.4, 0.5) is 5.95 Å². The summed E-state index contributed by atoms with van der Waals surface area (Å²) >= 11 is 0. The summed E-state index contributed by atoms with van der Waals surface area (Å²) in [7, 11) is 0. The maximum absolute atomic E-state index is 11.1. The summed E-state index contributed by atoms with van der Waals surface area (Å²) in [6, 6.07) is 1.79. The maximum atomic E-state index is 11.1. The molecule has 0 unspecified atom stereocenters. The average Bonchev–Trinajstić information content (AvgIpc) is 2.46. The molecule has 102 valence electrons. The molecule has 1 aromatic heterocycles. The van der Waals surface area contributed by atoms with Crippen molar-refractivity contribution in [1.82, 2.24) is 15.3 Å². The van der Waals surface area contributed by atoms with Crippen LogP contribution in [-0.2, 0) is 9.59 Å². The van der Waals surface area contributed by atoms with Crippen molar-refractivity contribution in [2.45, 2.75) is 12.8 Å². The molecule has 1 fully saturated rings. The summed E-state index contributed by atoms with van der Waals surface area (Å²) in [5, 5.41) is 2.54. The third-order valence-electron chi connectivity index (χ3n) is 3.22. The lowest BCUT2D eigenvalue weighted by Gasteiger charge is -2.31. The van der Waals surface area contributed by atoms with Crippen LogP contribution >= 0.6 is 0 Å². The third-order valence-corrected chi connectivity index (χ3v) is 3.22. The molecule has 2 amide bonds. The summed E-state index contributed by atoms with van der Waals surface area (Å²) in [6.07, 6.45) is 5.30. The number of carbonyl (C=O) groups excluding carboxylic acids is 2. The maximum Gasteiger partial charge on any atom is 0.309 e. The zero-order chi connectivity index (χ0) is 13.7. The van der Waals surface area contributed by atoms with Crippen LogP contribution in [0, 0.1) is 5.92 Å². The lowest BCUT2D eigenvalue weighted by Crippen LogP contribution is -2.42. The van der Waals surface area contributed by atoms with Gasteiger partial charge in [0.05, 0.1) is 0 Å². The first-order valence-corrected chi connectivity index (χ1v) is 6.26. The highest BCUT2D eigenvalue weighted by Gasteiger charge is 2.21. The van der Waals surface area contributed by atoms with Gasteiger partial charge in [-0.15, -0.1) is 0 Å². The monoisotopic (exact) mass is 263 g/mol. The van der Waals surface area contributed by atoms with Gasteiger partial charge < -0.3 is 16.0 Å². The van der Waals surface area contributed by atoms with Crippen LogP contribution < -0.4 is 16.0 Å². The molecule has 19 heavy (non-hydrogen) atoms. The first kappa shape index (κ1) is 13.3. The first-order chi connectivity index (χ1) is 9.16. The van der Waals surface area contributed by atoms with Gasteiger partial charge in [0.25, 0.3) is 0 Å². The Hall–Kier alpha value is -2.18. The summed E-state index contributed by atoms with van der Waals surface area (Å²) in [4.78, 5) is 32.2. The molecule has 0 saturated carbocycles. The van der Waals surface area contributed by atoms with Crippen LogP contribution in [0.15, 0.2) is 18.5 Å². The van der Waals surface area contributed by atoms with Crippen LogP contribution in [-0.4, -0.2) is 41.4 Å². The lowest BCUT2D eigenvalue weighted by molar-refractivity contribution is -0.137. The first-order valence-electron chi connectivity index (χ1n) is 6.26. The van der Waals surface area contributed by atoms with E-state index in [1.165, 1.54) is 0 Å². The Morgan fingerprint density at radius 1 is 1.32 bits per heavy atom. The fraction of sp³-hybridized carbons (Fsp3) is 0.500. The van der Waals surface area contributed by atoms with Crippen LogP contribution in [0.3, 0.4) is 0 Å². The smallest absolute Gasteiger partial charge is 0.309 e. The molecule has 1 aliphatic heterocycles. The fourth-order valence-corrected chi connectivity index (χ4v) is 2.12. The second-order valence-corrected chi connectivity index (χ2v) is 4.55. The fourth-order valence-electron chi connectivity index (χ4n) is 2.12. The van der Waals surface area contributed by atoms with E-state index in [0.29, 0.717) is 12.5 Å². The zero-order valence-electron chi connectivity index (χ0n) is 10.6. The predicted molar refractivity (Wildman–Crippen MR) is 69.2 cm³/mol. The van der Waals surface area contributed by atoms with Crippen LogP contribution in [0.1, 0.15) is 12.8 Å². The van der Waals surface area contributed by atoms with Gasteiger partial charge in [-0.3, -0.25) is 9.59 Å². The number of rotatable bonds is 3. The largest absolute Gasteiger partial charge is 0.361 e. The molecular weight excluding hydrogens is 246 g/mol. The van der Waals surface area contributed by atoms with Crippen molar-refractivity contribution in [3.8, 4) is 0 Å². The topological polar surface area (TPSA) is 101 Å². The van der Waals surface area contributed by atoms with E-state index < -0.39 is 11.8 Å². The van der Waals surface area contributed by atoms with E-state index in [9.17, 15) is 9.59 Å². The number of anilines is 1. The number of aromatic nitrogens is 2. The van der Waals surface area contributed by atoms with Gasteiger partial charge in [0.2, 0.25) is 5.95 Å². The molecular formula is C12H17N5O2. The third kappa shape index (κ3) is 3.64. The lowest BCUT2D eigenvalue weighted by atomic mass is 9.97. The van der Waals surface area contributed by atoms with Gasteiger partial charge in [-0.05, 0) is 24.8 Å². The van der Waals surface area contributed by atoms with Crippen molar-refractivity contribution in [1.29, 1.82) is 0 Å². The molecule has 0 radical (unpaired) electrons. The van der Waals surface area contributed by atoms with Crippen LogP contribution in [0.2, 0.25) is 0 Å². The Bertz CT molecular complexity index is 443. The molecule has 0 atom stereocenters. The molecule has 0 aliphatic carbocycles. The Morgan fingerprint density at radius 3 is 2.53 bits per heavy atom. The number of hydrogen-bond donors (Lipinski definition) is 2. The molecule has 1 saturated heterocycles. The van der Waals surface area contributed by atoms with Gasteiger partial charge in [-0.25, -0.2) is 9.97 Å². The summed E-state index contributed by atoms with van der Waals surface area (Å²) in [5.74, 6) is -0.547.